The quantitative estimate of drug-likeness (QED) is 0.681. The second kappa shape index (κ2) is 8.52. The van der Waals surface area contributed by atoms with Gasteiger partial charge in [-0.3, -0.25) is 10.1 Å². The number of benzene rings is 1. The minimum atomic E-state index is -0.325. The van der Waals surface area contributed by atoms with E-state index in [9.17, 15) is 10.1 Å². The Morgan fingerprint density at radius 2 is 2.14 bits per heavy atom. The van der Waals surface area contributed by atoms with Crippen molar-refractivity contribution < 1.29 is 9.53 Å². The highest BCUT2D eigenvalue weighted by Gasteiger charge is 2.32. The Bertz CT molecular complexity index is 983. The zero-order valence-corrected chi connectivity index (χ0v) is 18.7. The predicted molar refractivity (Wildman–Crippen MR) is 121 cm³/mol. The van der Waals surface area contributed by atoms with Gasteiger partial charge in [-0.25, -0.2) is 0 Å². The molecule has 2 N–H and O–H groups in total. The predicted octanol–water partition coefficient (Wildman–Crippen LogP) is 4.91. The van der Waals surface area contributed by atoms with Crippen LogP contribution in [0.4, 0.5) is 5.00 Å². The van der Waals surface area contributed by atoms with Gasteiger partial charge in [-0.2, -0.15) is 5.26 Å². The maximum absolute atomic E-state index is 12.5. The number of nitrogens with zero attached hydrogens (tertiary/aromatic N) is 1. The monoisotopic (exact) mass is 427 g/mol. The molecule has 152 valence electrons. The summed E-state index contributed by atoms with van der Waals surface area (Å²) in [5, 5.41) is 16.3. The van der Waals surface area contributed by atoms with Crippen LogP contribution in [0, 0.1) is 22.7 Å². The molecule has 1 aliphatic carbocycles. The number of carbonyl (C=O) groups is 1. The van der Waals surface area contributed by atoms with Gasteiger partial charge in [-0.05, 0) is 66.6 Å². The van der Waals surface area contributed by atoms with Gasteiger partial charge in [0.15, 0.2) is 5.11 Å². The van der Waals surface area contributed by atoms with Crippen LogP contribution in [0.25, 0.3) is 0 Å². The Hall–Kier alpha value is -2.43. The molecule has 1 amide bonds. The van der Waals surface area contributed by atoms with Gasteiger partial charge in [0.05, 0.1) is 12.7 Å². The van der Waals surface area contributed by atoms with Crippen LogP contribution < -0.4 is 15.4 Å². The van der Waals surface area contributed by atoms with E-state index in [2.05, 4.69) is 37.5 Å². The molecule has 0 bridgehead atoms. The van der Waals surface area contributed by atoms with Gasteiger partial charge in [0, 0.05) is 10.4 Å². The van der Waals surface area contributed by atoms with Gasteiger partial charge in [0.1, 0.15) is 16.8 Å². The van der Waals surface area contributed by atoms with Crippen molar-refractivity contribution in [2.45, 2.75) is 40.0 Å². The number of nitriles is 1. The molecule has 0 unspecified atom stereocenters. The van der Waals surface area contributed by atoms with Gasteiger partial charge in [0.25, 0.3) is 5.91 Å². The molecule has 0 fully saturated rings. The first-order valence-corrected chi connectivity index (χ1v) is 10.8. The van der Waals surface area contributed by atoms with Crippen LogP contribution in [-0.4, -0.2) is 18.1 Å². The molecule has 29 heavy (non-hydrogen) atoms. The number of thiophene rings is 1. The summed E-state index contributed by atoms with van der Waals surface area (Å²) >= 11 is 6.90. The van der Waals surface area contributed by atoms with Crippen molar-refractivity contribution in [3.63, 3.8) is 0 Å². The second-order valence-corrected chi connectivity index (χ2v) is 9.78. The molecule has 3 rings (SSSR count). The number of methoxy groups -OCH3 is 1. The summed E-state index contributed by atoms with van der Waals surface area (Å²) < 4.78 is 5.15. The minimum Gasteiger partial charge on any atom is -0.497 e. The minimum absolute atomic E-state index is 0.181. The Balaban J connectivity index is 1.73. The van der Waals surface area contributed by atoms with Gasteiger partial charge in [-0.1, -0.05) is 26.8 Å². The van der Waals surface area contributed by atoms with E-state index in [0.29, 0.717) is 27.8 Å². The number of ether oxygens (including phenoxy) is 1. The van der Waals surface area contributed by atoms with Gasteiger partial charge in [0.2, 0.25) is 0 Å². The number of fused-ring (bicyclic) bond motifs is 1. The standard InChI is InChI=1S/C22H25N3O2S2/c1-22(2,3)14-8-9-16-17(12-23)20(29-18(16)11-14)25-21(28)24-19(26)13-6-5-7-15(10-13)27-4/h5-7,10,14H,8-9,11H2,1-4H3,(H2,24,25,26,28)/t14-/m0/s1. The van der Waals surface area contributed by atoms with Crippen molar-refractivity contribution in [3.8, 4) is 11.8 Å². The van der Waals surface area contributed by atoms with E-state index in [1.165, 1.54) is 4.88 Å². The number of nitrogens with one attached hydrogen (secondary N) is 2. The summed E-state index contributed by atoms with van der Waals surface area (Å²) in [5.74, 6) is 0.865. The SMILES string of the molecule is COc1cccc(C(=O)NC(=S)Nc2sc3c(c2C#N)CC[C@H](C(C)(C)C)C3)c1. The molecular formula is C22H25N3O2S2. The van der Waals surface area contributed by atoms with E-state index in [0.717, 1.165) is 24.8 Å². The summed E-state index contributed by atoms with van der Waals surface area (Å²) in [7, 11) is 1.55. The first-order chi connectivity index (χ1) is 13.7. The van der Waals surface area contributed by atoms with Crippen LogP contribution in [-0.2, 0) is 12.8 Å². The number of hydrogen-bond donors (Lipinski definition) is 2. The van der Waals surface area contributed by atoms with Gasteiger partial charge in [-0.15, -0.1) is 11.3 Å². The average Bonchev–Trinajstić information content (AvgIpc) is 3.03. The molecule has 1 aliphatic rings. The Morgan fingerprint density at radius 1 is 1.38 bits per heavy atom. The van der Waals surface area contributed by atoms with Crippen molar-refractivity contribution in [1.82, 2.24) is 5.32 Å². The van der Waals surface area contributed by atoms with E-state index < -0.39 is 0 Å². The van der Waals surface area contributed by atoms with E-state index in [1.807, 2.05) is 0 Å². The first kappa shape index (κ1) is 21.3. The number of rotatable bonds is 3. The summed E-state index contributed by atoms with van der Waals surface area (Å²) in [6.07, 6.45) is 2.96. The summed E-state index contributed by atoms with van der Waals surface area (Å²) in [4.78, 5) is 13.7. The Kier molecular flexibility index (Phi) is 6.25. The molecule has 0 radical (unpaired) electrons. The smallest absolute Gasteiger partial charge is 0.257 e. The second-order valence-electron chi connectivity index (χ2n) is 8.27. The average molecular weight is 428 g/mol. The maximum atomic E-state index is 12.5. The largest absolute Gasteiger partial charge is 0.497 e. The van der Waals surface area contributed by atoms with Gasteiger partial charge < -0.3 is 10.1 Å². The number of thiocarbonyl (C=S) groups is 1. The molecular weight excluding hydrogens is 402 g/mol. The number of anilines is 1. The lowest BCUT2D eigenvalue weighted by Gasteiger charge is -2.33. The lowest BCUT2D eigenvalue weighted by atomic mass is 9.72. The highest BCUT2D eigenvalue weighted by atomic mass is 32.1. The molecule has 0 aliphatic heterocycles. The first-order valence-electron chi connectivity index (χ1n) is 9.54. The fourth-order valence-corrected chi connectivity index (χ4v) is 5.15. The molecule has 1 heterocycles. The zero-order chi connectivity index (χ0) is 21.2. The van der Waals surface area contributed by atoms with E-state index >= 15 is 0 Å². The van der Waals surface area contributed by atoms with E-state index in [4.69, 9.17) is 17.0 Å². The van der Waals surface area contributed by atoms with E-state index in [1.54, 1.807) is 42.7 Å². The van der Waals surface area contributed by atoms with Crippen LogP contribution in [0.1, 0.15) is 53.6 Å². The Morgan fingerprint density at radius 3 is 2.79 bits per heavy atom. The highest BCUT2D eigenvalue weighted by Crippen LogP contribution is 2.43. The Labute approximate surface area is 181 Å². The summed E-state index contributed by atoms with van der Waals surface area (Å²) in [5.41, 5.74) is 2.47. The highest BCUT2D eigenvalue weighted by molar-refractivity contribution is 7.80. The third-order valence-corrected chi connectivity index (χ3v) is 6.76. The number of carbonyl (C=O) groups excluding carboxylic acids is 1. The maximum Gasteiger partial charge on any atom is 0.257 e. The summed E-state index contributed by atoms with van der Waals surface area (Å²) in [6.45, 7) is 6.80. The molecule has 1 atom stereocenters. The molecule has 0 saturated heterocycles. The van der Waals surface area contributed by atoms with Crippen LogP contribution in [0.15, 0.2) is 24.3 Å². The van der Waals surface area contributed by atoms with Gasteiger partial charge >= 0.3 is 0 Å². The third kappa shape index (κ3) is 4.77. The number of hydrogen-bond acceptors (Lipinski definition) is 5. The van der Waals surface area contributed by atoms with Crippen LogP contribution >= 0.6 is 23.6 Å². The third-order valence-electron chi connectivity index (χ3n) is 5.39. The summed E-state index contributed by atoms with van der Waals surface area (Å²) in [6, 6.07) is 9.18. The zero-order valence-electron chi connectivity index (χ0n) is 17.1. The lowest BCUT2D eigenvalue weighted by molar-refractivity contribution is 0.0977. The number of amides is 1. The molecule has 7 heteroatoms. The molecule has 0 saturated carbocycles. The normalized spacial score (nSPS) is 15.8. The molecule has 0 spiro atoms. The van der Waals surface area contributed by atoms with E-state index in [-0.39, 0.29) is 16.4 Å². The fourth-order valence-electron chi connectivity index (χ4n) is 3.61. The van der Waals surface area contributed by atoms with Crippen molar-refractivity contribution in [2.24, 2.45) is 11.3 Å². The molecule has 1 aromatic carbocycles. The van der Waals surface area contributed by atoms with Crippen molar-refractivity contribution >= 4 is 39.6 Å². The molecule has 2 aromatic rings. The van der Waals surface area contributed by atoms with Crippen LogP contribution in [0.2, 0.25) is 0 Å². The lowest BCUT2D eigenvalue weighted by Crippen LogP contribution is -2.34. The fraction of sp³-hybridized carbons (Fsp3) is 0.409. The molecule has 5 nitrogen and oxygen atoms in total. The topological polar surface area (TPSA) is 74.2 Å². The van der Waals surface area contributed by atoms with Crippen LogP contribution in [0.5, 0.6) is 5.75 Å². The van der Waals surface area contributed by atoms with Crippen molar-refractivity contribution in [2.75, 3.05) is 12.4 Å². The molecule has 1 aromatic heterocycles. The van der Waals surface area contributed by atoms with Crippen LogP contribution in [0.3, 0.4) is 0 Å². The van der Waals surface area contributed by atoms with Crippen molar-refractivity contribution in [1.29, 1.82) is 5.26 Å². The van der Waals surface area contributed by atoms with Crippen molar-refractivity contribution in [3.05, 3.63) is 45.8 Å².